The van der Waals surface area contributed by atoms with Gasteiger partial charge in [0, 0.05) is 24.5 Å². The summed E-state index contributed by atoms with van der Waals surface area (Å²) in [6.45, 7) is 3.64. The van der Waals surface area contributed by atoms with E-state index in [0.717, 1.165) is 40.6 Å². The summed E-state index contributed by atoms with van der Waals surface area (Å²) in [5.41, 5.74) is 2.94. The second-order valence-corrected chi connectivity index (χ2v) is 10.9. The molecule has 1 amide bonds. The number of carbonyl (C=O) groups excluding carboxylic acids is 2. The second-order valence-electron chi connectivity index (χ2n) is 9.71. The summed E-state index contributed by atoms with van der Waals surface area (Å²) in [7, 11) is 5.34. The molecule has 3 aromatic carbocycles. The Morgan fingerprint density at radius 2 is 1.71 bits per heavy atom. The summed E-state index contributed by atoms with van der Waals surface area (Å²) in [6.07, 6.45) is -0.0360. The molecular weight excluding hydrogens is 540 g/mol. The molecule has 1 heterocycles. The SMILES string of the molecule is CCOC(=O)CO[C@H]1C(=O)N(CCN(C)CCc2cccc(OC)c2)c2ccccc2S[C@H]1c1ccc(OC)cc1. The van der Waals surface area contributed by atoms with Crippen LogP contribution in [0.4, 0.5) is 5.69 Å². The third kappa shape index (κ3) is 8.03. The average molecular weight is 579 g/mol. The average Bonchev–Trinajstić information content (AvgIpc) is 3.11. The number of amides is 1. The standard InChI is InChI=1S/C32H38N2O6S/c1-5-39-29(35)22-40-30-31(24-13-15-25(37-3)16-14-24)41-28-12-7-6-11-27(28)34(32(30)36)20-19-33(2)18-17-23-9-8-10-26(21-23)38-4/h6-16,21,30-31H,5,17-20,22H2,1-4H3/t30-,31+/m1/s1. The lowest BCUT2D eigenvalue weighted by molar-refractivity contribution is -0.152. The highest BCUT2D eigenvalue weighted by Gasteiger charge is 2.39. The number of likely N-dealkylation sites (N-methyl/N-ethyl adjacent to an activating group) is 1. The molecule has 0 saturated heterocycles. The van der Waals surface area contributed by atoms with Gasteiger partial charge in [-0.1, -0.05) is 36.4 Å². The number of carbonyl (C=O) groups is 2. The first-order valence-corrected chi connectivity index (χ1v) is 14.6. The predicted octanol–water partition coefficient (Wildman–Crippen LogP) is 5.01. The number of benzene rings is 3. The zero-order valence-corrected chi connectivity index (χ0v) is 24.9. The van der Waals surface area contributed by atoms with Crippen LogP contribution < -0.4 is 14.4 Å². The molecule has 8 nitrogen and oxygen atoms in total. The first-order chi connectivity index (χ1) is 19.9. The lowest BCUT2D eigenvalue weighted by Crippen LogP contribution is -2.45. The Morgan fingerprint density at radius 1 is 0.951 bits per heavy atom. The lowest BCUT2D eigenvalue weighted by Gasteiger charge is -2.29. The molecule has 0 spiro atoms. The normalized spacial score (nSPS) is 16.7. The highest BCUT2D eigenvalue weighted by molar-refractivity contribution is 7.99. The number of esters is 1. The van der Waals surface area contributed by atoms with Crippen LogP contribution in [0.2, 0.25) is 0 Å². The molecule has 0 unspecified atom stereocenters. The van der Waals surface area contributed by atoms with Crippen molar-refractivity contribution in [1.29, 1.82) is 0 Å². The van der Waals surface area contributed by atoms with Crippen molar-refractivity contribution in [2.75, 3.05) is 59.0 Å². The molecule has 0 fully saturated rings. The van der Waals surface area contributed by atoms with Crippen LogP contribution in [0, 0.1) is 0 Å². The zero-order chi connectivity index (χ0) is 29.2. The number of hydrogen-bond donors (Lipinski definition) is 0. The molecule has 0 aliphatic carbocycles. The Morgan fingerprint density at radius 3 is 2.44 bits per heavy atom. The minimum absolute atomic E-state index is 0.186. The summed E-state index contributed by atoms with van der Waals surface area (Å²) in [5.74, 6) is 0.884. The molecule has 0 radical (unpaired) electrons. The van der Waals surface area contributed by atoms with Crippen LogP contribution in [0.25, 0.3) is 0 Å². The van der Waals surface area contributed by atoms with Crippen molar-refractivity contribution in [3.05, 3.63) is 83.9 Å². The van der Waals surface area contributed by atoms with E-state index in [0.29, 0.717) is 13.1 Å². The van der Waals surface area contributed by atoms with Crippen molar-refractivity contribution in [3.63, 3.8) is 0 Å². The summed E-state index contributed by atoms with van der Waals surface area (Å²) < 4.78 is 21.8. The van der Waals surface area contributed by atoms with Gasteiger partial charge in [-0.3, -0.25) is 4.79 Å². The maximum absolute atomic E-state index is 14.2. The van der Waals surface area contributed by atoms with Crippen molar-refractivity contribution in [2.24, 2.45) is 0 Å². The van der Waals surface area contributed by atoms with Gasteiger partial charge < -0.3 is 28.7 Å². The van der Waals surface area contributed by atoms with Crippen molar-refractivity contribution in [3.8, 4) is 11.5 Å². The van der Waals surface area contributed by atoms with Gasteiger partial charge in [0.2, 0.25) is 0 Å². The van der Waals surface area contributed by atoms with Gasteiger partial charge in [-0.25, -0.2) is 4.79 Å². The Bertz CT molecular complexity index is 1300. The van der Waals surface area contributed by atoms with Crippen molar-refractivity contribution < 1.29 is 28.5 Å². The third-order valence-electron chi connectivity index (χ3n) is 6.95. The fourth-order valence-electron chi connectivity index (χ4n) is 4.70. The van der Waals surface area contributed by atoms with E-state index in [9.17, 15) is 9.59 Å². The predicted molar refractivity (Wildman–Crippen MR) is 161 cm³/mol. The fourth-order valence-corrected chi connectivity index (χ4v) is 6.04. The molecule has 1 aliphatic heterocycles. The van der Waals surface area contributed by atoms with Gasteiger partial charge in [0.05, 0.1) is 31.8 Å². The van der Waals surface area contributed by atoms with Crippen LogP contribution in [0.5, 0.6) is 11.5 Å². The van der Waals surface area contributed by atoms with Gasteiger partial charge in [-0.15, -0.1) is 11.8 Å². The largest absolute Gasteiger partial charge is 0.497 e. The lowest BCUT2D eigenvalue weighted by atomic mass is 10.1. The Hall–Kier alpha value is -3.53. The highest BCUT2D eigenvalue weighted by atomic mass is 32.2. The van der Waals surface area contributed by atoms with E-state index in [-0.39, 0.29) is 24.4 Å². The molecule has 4 rings (SSSR count). The van der Waals surface area contributed by atoms with Crippen LogP contribution in [0.15, 0.2) is 77.7 Å². The fraction of sp³-hybridized carbons (Fsp3) is 0.375. The molecule has 2 atom stereocenters. The molecular formula is C32H38N2O6S. The molecule has 218 valence electrons. The number of para-hydroxylation sites is 1. The zero-order valence-electron chi connectivity index (χ0n) is 24.1. The number of thioether (sulfide) groups is 1. The first kappa shape index (κ1) is 30.4. The van der Waals surface area contributed by atoms with Crippen molar-refractivity contribution in [2.45, 2.75) is 29.6 Å². The first-order valence-electron chi connectivity index (χ1n) is 13.7. The maximum Gasteiger partial charge on any atom is 0.332 e. The van der Waals surface area contributed by atoms with Gasteiger partial charge in [-0.2, -0.15) is 0 Å². The van der Waals surface area contributed by atoms with E-state index < -0.39 is 12.1 Å². The molecule has 0 bridgehead atoms. The van der Waals surface area contributed by atoms with E-state index in [2.05, 4.69) is 18.0 Å². The van der Waals surface area contributed by atoms with Crippen LogP contribution in [-0.4, -0.2) is 77.0 Å². The Labute approximate surface area is 246 Å². The number of nitrogens with zero attached hydrogens (tertiary/aromatic N) is 2. The van der Waals surface area contributed by atoms with Crippen LogP contribution >= 0.6 is 11.8 Å². The molecule has 1 aliphatic rings. The quantitative estimate of drug-likeness (QED) is 0.262. The summed E-state index contributed by atoms with van der Waals surface area (Å²) in [5, 5.41) is -0.375. The molecule has 3 aromatic rings. The van der Waals surface area contributed by atoms with Gasteiger partial charge in [0.15, 0.2) is 6.10 Å². The van der Waals surface area contributed by atoms with E-state index in [1.807, 2.05) is 66.7 Å². The summed E-state index contributed by atoms with van der Waals surface area (Å²) in [4.78, 5) is 31.4. The van der Waals surface area contributed by atoms with Gasteiger partial charge in [0.25, 0.3) is 5.91 Å². The van der Waals surface area contributed by atoms with Crippen LogP contribution in [0.1, 0.15) is 23.3 Å². The van der Waals surface area contributed by atoms with E-state index in [1.165, 1.54) is 5.56 Å². The monoisotopic (exact) mass is 578 g/mol. The number of rotatable bonds is 13. The van der Waals surface area contributed by atoms with Gasteiger partial charge in [0.1, 0.15) is 18.1 Å². The highest BCUT2D eigenvalue weighted by Crippen LogP contribution is 2.46. The maximum atomic E-state index is 14.2. The van der Waals surface area contributed by atoms with Crippen LogP contribution in [0.3, 0.4) is 0 Å². The molecule has 0 saturated carbocycles. The minimum Gasteiger partial charge on any atom is -0.497 e. The summed E-state index contributed by atoms with van der Waals surface area (Å²) >= 11 is 1.56. The molecule has 0 aromatic heterocycles. The number of ether oxygens (including phenoxy) is 4. The topological polar surface area (TPSA) is 77.5 Å². The van der Waals surface area contributed by atoms with E-state index in [4.69, 9.17) is 18.9 Å². The smallest absolute Gasteiger partial charge is 0.332 e. The molecule has 0 N–H and O–H groups in total. The van der Waals surface area contributed by atoms with Crippen LogP contribution in [-0.2, 0) is 25.5 Å². The van der Waals surface area contributed by atoms with Crippen molar-refractivity contribution >= 4 is 29.3 Å². The summed E-state index contributed by atoms with van der Waals surface area (Å²) in [6, 6.07) is 23.6. The number of fused-ring (bicyclic) bond motifs is 1. The van der Waals surface area contributed by atoms with Gasteiger partial charge >= 0.3 is 5.97 Å². The van der Waals surface area contributed by atoms with E-state index in [1.54, 1.807) is 37.8 Å². The molecule has 9 heteroatoms. The number of methoxy groups -OCH3 is 2. The Balaban J connectivity index is 1.55. The minimum atomic E-state index is -0.896. The molecule has 41 heavy (non-hydrogen) atoms. The van der Waals surface area contributed by atoms with Gasteiger partial charge in [-0.05, 0) is 67.9 Å². The third-order valence-corrected chi connectivity index (χ3v) is 8.32. The second kappa shape index (κ2) is 14.9. The Kier molecular flexibility index (Phi) is 11.1. The van der Waals surface area contributed by atoms with Crippen molar-refractivity contribution in [1.82, 2.24) is 4.90 Å². The van der Waals surface area contributed by atoms with E-state index >= 15 is 0 Å². The number of hydrogen-bond acceptors (Lipinski definition) is 8. The number of anilines is 1.